The van der Waals surface area contributed by atoms with Crippen molar-refractivity contribution in [2.75, 3.05) is 13.1 Å². The quantitative estimate of drug-likeness (QED) is 0.795. The number of amides is 1. The molecule has 1 aliphatic heterocycles. The first kappa shape index (κ1) is 15.7. The summed E-state index contributed by atoms with van der Waals surface area (Å²) in [5.41, 5.74) is 0.794. The third kappa shape index (κ3) is 3.07. The lowest BCUT2D eigenvalue weighted by Gasteiger charge is -2.19. The third-order valence-electron chi connectivity index (χ3n) is 5.06. The molecule has 24 heavy (non-hydrogen) atoms. The molecule has 0 N–H and O–H groups in total. The van der Waals surface area contributed by atoms with E-state index in [-0.39, 0.29) is 5.91 Å². The fraction of sp³-hybridized carbons (Fsp3) is 0.500. The minimum absolute atomic E-state index is 0.164. The minimum Gasteiger partial charge on any atom is -0.340 e. The second-order valence-electron chi connectivity index (χ2n) is 6.68. The summed E-state index contributed by atoms with van der Waals surface area (Å²) in [4.78, 5) is 20.2. The van der Waals surface area contributed by atoms with Gasteiger partial charge in [0.2, 0.25) is 5.89 Å². The summed E-state index contributed by atoms with van der Waals surface area (Å²) >= 11 is 1.59. The lowest BCUT2D eigenvalue weighted by Crippen LogP contribution is -2.29. The smallest absolute Gasteiger partial charge is 0.255 e. The van der Waals surface area contributed by atoms with Crippen LogP contribution in [-0.2, 0) is 5.75 Å². The van der Waals surface area contributed by atoms with Gasteiger partial charge in [0.1, 0.15) is 0 Å². The van der Waals surface area contributed by atoms with Crippen LogP contribution in [0.2, 0.25) is 0 Å². The van der Waals surface area contributed by atoms with Gasteiger partial charge in [-0.05, 0) is 36.8 Å². The van der Waals surface area contributed by atoms with Crippen LogP contribution in [0.3, 0.4) is 0 Å². The van der Waals surface area contributed by atoms with E-state index in [1.54, 1.807) is 18.7 Å². The Morgan fingerprint density at radius 3 is 2.75 bits per heavy atom. The number of likely N-dealkylation sites (tertiary alicyclic amines) is 1. The number of nitrogens with zero attached hydrogens (tertiary/aromatic N) is 3. The molecular weight excluding hydrogens is 322 g/mol. The molecule has 2 heterocycles. The molecule has 4 rings (SSSR count). The van der Waals surface area contributed by atoms with Crippen LogP contribution in [-0.4, -0.2) is 34.0 Å². The summed E-state index contributed by atoms with van der Waals surface area (Å²) in [5, 5.41) is 3.92. The topological polar surface area (TPSA) is 59.2 Å². The molecule has 2 atom stereocenters. The Morgan fingerprint density at radius 2 is 2.04 bits per heavy atom. The molecule has 6 heteroatoms. The average Bonchev–Trinajstić information content (AvgIpc) is 3.28. The van der Waals surface area contributed by atoms with Crippen molar-refractivity contribution in [3.8, 4) is 0 Å². The van der Waals surface area contributed by atoms with E-state index < -0.39 is 0 Å². The van der Waals surface area contributed by atoms with Gasteiger partial charge in [-0.2, -0.15) is 4.98 Å². The standard InChI is InChI=1S/C18H21N3O2S/c1-12-19-17(20-23-12)11-24-16-8-3-2-7-15(16)18(22)21-9-13-5-4-6-14(13)10-21/h2-3,7-8,13-14H,4-6,9-11H2,1H3/t13-,14-/m0/s1. The number of fused-ring (bicyclic) bond motifs is 1. The predicted molar refractivity (Wildman–Crippen MR) is 91.8 cm³/mol. The number of aryl methyl sites for hydroxylation is 1. The highest BCUT2D eigenvalue weighted by Gasteiger charge is 2.38. The predicted octanol–water partition coefficient (Wildman–Crippen LogP) is 3.54. The van der Waals surface area contributed by atoms with Gasteiger partial charge in [0.05, 0.1) is 11.3 Å². The fourth-order valence-corrected chi connectivity index (χ4v) is 4.77. The molecule has 0 unspecified atom stereocenters. The van der Waals surface area contributed by atoms with E-state index in [4.69, 9.17) is 4.52 Å². The van der Waals surface area contributed by atoms with Crippen LogP contribution < -0.4 is 0 Å². The summed E-state index contributed by atoms with van der Waals surface area (Å²) in [5.74, 6) is 3.44. The van der Waals surface area contributed by atoms with E-state index in [1.165, 1.54) is 19.3 Å². The molecule has 2 fully saturated rings. The van der Waals surface area contributed by atoms with Crippen LogP contribution >= 0.6 is 11.8 Å². The summed E-state index contributed by atoms with van der Waals surface area (Å²) in [6, 6.07) is 7.84. The molecule has 1 saturated carbocycles. The van der Waals surface area contributed by atoms with E-state index in [1.807, 2.05) is 29.2 Å². The number of hydrogen-bond acceptors (Lipinski definition) is 5. The fourth-order valence-electron chi connectivity index (χ4n) is 3.88. The Labute approximate surface area is 145 Å². The molecule has 1 saturated heterocycles. The molecule has 1 aliphatic carbocycles. The zero-order valence-corrected chi connectivity index (χ0v) is 14.6. The van der Waals surface area contributed by atoms with Crippen molar-refractivity contribution in [2.45, 2.75) is 36.8 Å². The molecule has 0 spiro atoms. The Hall–Kier alpha value is -1.82. The van der Waals surface area contributed by atoms with Gasteiger partial charge >= 0.3 is 0 Å². The minimum atomic E-state index is 0.164. The summed E-state index contributed by atoms with van der Waals surface area (Å²) in [6.45, 7) is 3.63. The zero-order valence-electron chi connectivity index (χ0n) is 13.8. The normalized spacial score (nSPS) is 22.8. The van der Waals surface area contributed by atoms with Gasteiger partial charge in [0.25, 0.3) is 5.91 Å². The molecule has 2 aromatic rings. The third-order valence-corrected chi connectivity index (χ3v) is 6.13. The van der Waals surface area contributed by atoms with Crippen LogP contribution in [0.5, 0.6) is 0 Å². The number of benzene rings is 1. The van der Waals surface area contributed by atoms with Crippen LogP contribution in [0.15, 0.2) is 33.7 Å². The first-order chi connectivity index (χ1) is 11.7. The maximum absolute atomic E-state index is 13.0. The van der Waals surface area contributed by atoms with E-state index >= 15 is 0 Å². The molecule has 5 nitrogen and oxygen atoms in total. The summed E-state index contributed by atoms with van der Waals surface area (Å²) in [7, 11) is 0. The van der Waals surface area contributed by atoms with Gasteiger partial charge in [-0.1, -0.05) is 23.7 Å². The monoisotopic (exact) mass is 343 g/mol. The Balaban J connectivity index is 1.47. The van der Waals surface area contributed by atoms with Crippen molar-refractivity contribution >= 4 is 17.7 Å². The highest BCUT2D eigenvalue weighted by molar-refractivity contribution is 7.98. The SMILES string of the molecule is Cc1nc(CSc2ccccc2C(=O)N2C[C@@H]3CCC[C@H]3C2)no1. The first-order valence-electron chi connectivity index (χ1n) is 8.51. The second kappa shape index (κ2) is 6.59. The highest BCUT2D eigenvalue weighted by atomic mass is 32.2. The van der Waals surface area contributed by atoms with Gasteiger partial charge in [-0.25, -0.2) is 0 Å². The maximum Gasteiger partial charge on any atom is 0.255 e. The number of thioether (sulfide) groups is 1. The lowest BCUT2D eigenvalue weighted by molar-refractivity contribution is 0.0777. The summed E-state index contributed by atoms with van der Waals surface area (Å²) < 4.78 is 5.00. The number of carbonyl (C=O) groups excluding carboxylic acids is 1. The number of rotatable bonds is 4. The van der Waals surface area contributed by atoms with E-state index in [2.05, 4.69) is 10.1 Å². The van der Waals surface area contributed by atoms with Crippen molar-refractivity contribution in [3.63, 3.8) is 0 Å². The van der Waals surface area contributed by atoms with Crippen molar-refractivity contribution in [3.05, 3.63) is 41.5 Å². The van der Waals surface area contributed by atoms with Gasteiger partial charge < -0.3 is 9.42 Å². The Kier molecular flexibility index (Phi) is 4.31. The van der Waals surface area contributed by atoms with Crippen molar-refractivity contribution < 1.29 is 9.32 Å². The van der Waals surface area contributed by atoms with Gasteiger partial charge in [-0.3, -0.25) is 4.79 Å². The van der Waals surface area contributed by atoms with E-state index in [9.17, 15) is 4.79 Å². The molecule has 126 valence electrons. The Morgan fingerprint density at radius 1 is 1.29 bits per heavy atom. The van der Waals surface area contributed by atoms with Crippen molar-refractivity contribution in [1.29, 1.82) is 0 Å². The van der Waals surface area contributed by atoms with Gasteiger partial charge in [0, 0.05) is 24.9 Å². The molecule has 1 aromatic carbocycles. The van der Waals surface area contributed by atoms with E-state index in [0.717, 1.165) is 35.4 Å². The lowest BCUT2D eigenvalue weighted by atomic mass is 10.0. The zero-order chi connectivity index (χ0) is 16.5. The van der Waals surface area contributed by atoms with Crippen molar-refractivity contribution in [1.82, 2.24) is 15.0 Å². The maximum atomic E-state index is 13.0. The van der Waals surface area contributed by atoms with Crippen LogP contribution in [0, 0.1) is 18.8 Å². The number of aromatic nitrogens is 2. The van der Waals surface area contributed by atoms with Crippen LogP contribution in [0.25, 0.3) is 0 Å². The number of hydrogen-bond donors (Lipinski definition) is 0. The van der Waals surface area contributed by atoms with Crippen molar-refractivity contribution in [2.24, 2.45) is 11.8 Å². The largest absolute Gasteiger partial charge is 0.340 e. The molecule has 0 radical (unpaired) electrons. The second-order valence-corrected chi connectivity index (χ2v) is 7.69. The van der Waals surface area contributed by atoms with Crippen LogP contribution in [0.1, 0.15) is 41.3 Å². The first-order valence-corrected chi connectivity index (χ1v) is 9.49. The van der Waals surface area contributed by atoms with Crippen LogP contribution in [0.4, 0.5) is 0 Å². The summed E-state index contributed by atoms with van der Waals surface area (Å²) in [6.07, 6.45) is 3.89. The molecule has 2 aliphatic rings. The van der Waals surface area contributed by atoms with E-state index in [0.29, 0.717) is 17.5 Å². The van der Waals surface area contributed by atoms with Gasteiger partial charge in [0.15, 0.2) is 5.82 Å². The molecular formula is C18H21N3O2S. The molecule has 0 bridgehead atoms. The molecule has 1 aromatic heterocycles. The van der Waals surface area contributed by atoms with Gasteiger partial charge in [-0.15, -0.1) is 11.8 Å². The molecule has 1 amide bonds. The Bertz CT molecular complexity index is 733. The highest BCUT2D eigenvalue weighted by Crippen LogP contribution is 2.38. The average molecular weight is 343 g/mol. The number of carbonyl (C=O) groups is 1.